The molecule has 1 saturated carbocycles. The summed E-state index contributed by atoms with van der Waals surface area (Å²) in [5, 5.41) is 0. The van der Waals surface area contributed by atoms with E-state index in [0.717, 1.165) is 0 Å². The van der Waals surface area contributed by atoms with Crippen LogP contribution in [0.4, 0.5) is 5.69 Å². The number of hydrogen-bond acceptors (Lipinski definition) is 4. The number of ether oxygens (including phenoxy) is 2. The Morgan fingerprint density at radius 3 is 2.88 bits per heavy atom. The number of carbonyl (C=O) groups excluding carboxylic acids is 1. The highest BCUT2D eigenvalue weighted by Gasteiger charge is 2.22. The topological polar surface area (TPSA) is 61.5 Å². The molecule has 1 fully saturated rings. The predicted molar refractivity (Wildman–Crippen MR) is 65.0 cm³/mol. The van der Waals surface area contributed by atoms with Gasteiger partial charge in [-0.3, -0.25) is 0 Å². The Balaban J connectivity index is 2.07. The summed E-state index contributed by atoms with van der Waals surface area (Å²) in [5.41, 5.74) is 6.53. The Bertz CT molecular complexity index is 413. The molecule has 1 aromatic carbocycles. The van der Waals surface area contributed by atoms with Crippen LogP contribution in [-0.4, -0.2) is 19.2 Å². The summed E-state index contributed by atoms with van der Waals surface area (Å²) in [6.07, 6.45) is 2.47. The van der Waals surface area contributed by atoms with Crippen LogP contribution in [0.5, 0.6) is 5.75 Å². The quantitative estimate of drug-likeness (QED) is 0.628. The first-order chi connectivity index (χ1) is 8.20. The van der Waals surface area contributed by atoms with Crippen molar-refractivity contribution in [3.05, 3.63) is 23.8 Å². The highest BCUT2D eigenvalue weighted by molar-refractivity contribution is 5.95. The number of nitrogens with two attached hydrogens (primary N) is 1. The van der Waals surface area contributed by atoms with E-state index in [1.165, 1.54) is 12.8 Å². The molecule has 1 aliphatic rings. The van der Waals surface area contributed by atoms with Crippen LogP contribution in [0.3, 0.4) is 0 Å². The van der Waals surface area contributed by atoms with Gasteiger partial charge in [-0.05, 0) is 43.9 Å². The Morgan fingerprint density at radius 2 is 2.24 bits per heavy atom. The molecule has 2 rings (SSSR count). The Morgan fingerprint density at radius 1 is 1.47 bits per heavy atom. The van der Waals surface area contributed by atoms with Crippen LogP contribution in [0, 0.1) is 5.92 Å². The summed E-state index contributed by atoms with van der Waals surface area (Å²) in [7, 11) is 0. The van der Waals surface area contributed by atoms with Crippen molar-refractivity contribution in [1.82, 2.24) is 0 Å². The molecule has 1 aliphatic carbocycles. The zero-order chi connectivity index (χ0) is 12.3. The minimum atomic E-state index is -0.401. The van der Waals surface area contributed by atoms with Crippen molar-refractivity contribution in [1.29, 1.82) is 0 Å². The lowest BCUT2D eigenvalue weighted by molar-refractivity contribution is 0.0527. The maximum Gasteiger partial charge on any atom is 0.340 e. The first-order valence-corrected chi connectivity index (χ1v) is 5.90. The number of esters is 1. The van der Waals surface area contributed by atoms with Crippen molar-refractivity contribution in [3.63, 3.8) is 0 Å². The third-order valence-corrected chi connectivity index (χ3v) is 2.70. The van der Waals surface area contributed by atoms with E-state index >= 15 is 0 Å². The van der Waals surface area contributed by atoms with E-state index in [1.807, 2.05) is 0 Å². The molecule has 0 bridgehead atoms. The molecule has 0 aromatic heterocycles. The van der Waals surface area contributed by atoms with Crippen molar-refractivity contribution in [2.24, 2.45) is 5.92 Å². The fourth-order valence-electron chi connectivity index (χ4n) is 1.51. The normalized spacial score (nSPS) is 14.4. The van der Waals surface area contributed by atoms with Crippen LogP contribution >= 0.6 is 0 Å². The van der Waals surface area contributed by atoms with E-state index in [4.69, 9.17) is 15.2 Å². The SMILES string of the molecule is CCOC(=O)c1cc(OCC2CC2)ccc1N. The minimum Gasteiger partial charge on any atom is -0.493 e. The highest BCUT2D eigenvalue weighted by atomic mass is 16.5. The van der Waals surface area contributed by atoms with Gasteiger partial charge in [-0.25, -0.2) is 4.79 Å². The molecular weight excluding hydrogens is 218 g/mol. The third kappa shape index (κ3) is 3.12. The first kappa shape index (κ1) is 11.8. The molecular formula is C13H17NO3. The lowest BCUT2D eigenvalue weighted by Gasteiger charge is -2.09. The van der Waals surface area contributed by atoms with Crippen LogP contribution in [0.2, 0.25) is 0 Å². The van der Waals surface area contributed by atoms with Crippen LogP contribution in [-0.2, 0) is 4.74 Å². The molecule has 92 valence electrons. The van der Waals surface area contributed by atoms with Crippen molar-refractivity contribution in [2.45, 2.75) is 19.8 Å². The smallest absolute Gasteiger partial charge is 0.340 e. The molecule has 0 saturated heterocycles. The van der Waals surface area contributed by atoms with Crippen LogP contribution in [0.25, 0.3) is 0 Å². The van der Waals surface area contributed by atoms with Gasteiger partial charge in [0.1, 0.15) is 5.75 Å². The van der Waals surface area contributed by atoms with E-state index in [2.05, 4.69) is 0 Å². The van der Waals surface area contributed by atoms with E-state index in [-0.39, 0.29) is 0 Å². The lowest BCUT2D eigenvalue weighted by atomic mass is 10.1. The average Bonchev–Trinajstić information content (AvgIpc) is 3.12. The van der Waals surface area contributed by atoms with Gasteiger partial charge in [0.05, 0.1) is 18.8 Å². The first-order valence-electron chi connectivity index (χ1n) is 5.90. The minimum absolute atomic E-state index is 0.339. The zero-order valence-electron chi connectivity index (χ0n) is 9.94. The van der Waals surface area contributed by atoms with Crippen LogP contribution in [0.15, 0.2) is 18.2 Å². The van der Waals surface area contributed by atoms with E-state index in [1.54, 1.807) is 25.1 Å². The van der Waals surface area contributed by atoms with Gasteiger partial charge in [0.15, 0.2) is 0 Å². The standard InChI is InChI=1S/C13H17NO3/c1-2-16-13(15)11-7-10(5-6-12(11)14)17-8-9-3-4-9/h5-7,9H,2-4,8,14H2,1H3. The van der Waals surface area contributed by atoms with Gasteiger partial charge in [0.2, 0.25) is 0 Å². The van der Waals surface area contributed by atoms with Crippen molar-refractivity contribution in [2.75, 3.05) is 18.9 Å². The van der Waals surface area contributed by atoms with Crippen molar-refractivity contribution in [3.8, 4) is 5.75 Å². The number of anilines is 1. The van der Waals surface area contributed by atoms with Gasteiger partial charge in [-0.2, -0.15) is 0 Å². The fourth-order valence-corrected chi connectivity index (χ4v) is 1.51. The summed E-state index contributed by atoms with van der Waals surface area (Å²) in [6, 6.07) is 5.10. The highest BCUT2D eigenvalue weighted by Crippen LogP contribution is 2.30. The van der Waals surface area contributed by atoms with Gasteiger partial charge in [-0.1, -0.05) is 0 Å². The molecule has 0 atom stereocenters. The molecule has 0 radical (unpaired) electrons. The molecule has 0 spiro atoms. The monoisotopic (exact) mass is 235 g/mol. The molecule has 1 aromatic rings. The van der Waals surface area contributed by atoms with Gasteiger partial charge >= 0.3 is 5.97 Å². The maximum absolute atomic E-state index is 11.6. The number of rotatable bonds is 5. The summed E-state index contributed by atoms with van der Waals surface area (Å²) in [6.45, 7) is 2.82. The predicted octanol–water partition coefficient (Wildman–Crippen LogP) is 2.23. The largest absolute Gasteiger partial charge is 0.493 e. The molecule has 0 heterocycles. The van der Waals surface area contributed by atoms with E-state index in [0.29, 0.717) is 36.1 Å². The second-order valence-corrected chi connectivity index (χ2v) is 4.22. The van der Waals surface area contributed by atoms with Gasteiger partial charge in [-0.15, -0.1) is 0 Å². The molecule has 0 unspecified atom stereocenters. The summed E-state index contributed by atoms with van der Waals surface area (Å²) in [4.78, 5) is 11.6. The number of nitrogen functional groups attached to an aromatic ring is 1. The van der Waals surface area contributed by atoms with Gasteiger partial charge in [0, 0.05) is 5.69 Å². The molecule has 0 amide bonds. The zero-order valence-corrected chi connectivity index (χ0v) is 9.94. The van der Waals surface area contributed by atoms with Gasteiger partial charge in [0.25, 0.3) is 0 Å². The summed E-state index contributed by atoms with van der Waals surface area (Å²) < 4.78 is 10.5. The Labute approximate surface area is 101 Å². The van der Waals surface area contributed by atoms with Crippen molar-refractivity contribution >= 4 is 11.7 Å². The molecule has 4 heteroatoms. The number of benzene rings is 1. The second-order valence-electron chi connectivity index (χ2n) is 4.22. The summed E-state index contributed by atoms with van der Waals surface area (Å²) >= 11 is 0. The van der Waals surface area contributed by atoms with E-state index < -0.39 is 5.97 Å². The van der Waals surface area contributed by atoms with Crippen LogP contribution in [0.1, 0.15) is 30.1 Å². The molecule has 0 aliphatic heterocycles. The van der Waals surface area contributed by atoms with Crippen LogP contribution < -0.4 is 10.5 Å². The summed E-state index contributed by atoms with van der Waals surface area (Å²) in [5.74, 6) is 0.953. The third-order valence-electron chi connectivity index (χ3n) is 2.70. The van der Waals surface area contributed by atoms with Crippen molar-refractivity contribution < 1.29 is 14.3 Å². The molecule has 2 N–H and O–H groups in total. The van der Waals surface area contributed by atoms with E-state index in [9.17, 15) is 4.79 Å². The number of carbonyl (C=O) groups is 1. The lowest BCUT2D eigenvalue weighted by Crippen LogP contribution is -2.09. The average molecular weight is 235 g/mol. The van der Waals surface area contributed by atoms with Gasteiger partial charge < -0.3 is 15.2 Å². The number of hydrogen-bond donors (Lipinski definition) is 1. The Hall–Kier alpha value is -1.71. The molecule has 4 nitrogen and oxygen atoms in total. The fraction of sp³-hybridized carbons (Fsp3) is 0.462. The second kappa shape index (κ2) is 5.08. The Kier molecular flexibility index (Phi) is 3.52. The maximum atomic E-state index is 11.6. The molecule has 17 heavy (non-hydrogen) atoms.